The summed E-state index contributed by atoms with van der Waals surface area (Å²) in [5, 5.41) is 6.59. The molecule has 1 atom stereocenters. The number of aromatic nitrogens is 1. The van der Waals surface area contributed by atoms with Gasteiger partial charge in [-0.2, -0.15) is 0 Å². The van der Waals surface area contributed by atoms with E-state index in [9.17, 15) is 4.39 Å². The molecule has 7 heteroatoms. The van der Waals surface area contributed by atoms with Crippen LogP contribution in [0, 0.1) is 5.82 Å². The molecule has 0 saturated carbocycles. The van der Waals surface area contributed by atoms with E-state index < -0.39 is 0 Å². The van der Waals surface area contributed by atoms with E-state index in [1.54, 1.807) is 25.4 Å². The summed E-state index contributed by atoms with van der Waals surface area (Å²) in [5.74, 6) is 1.40. The standard InChI is InChI=1S/C20H25FN4O2/c1-20(9-3-11-26-20)14-25-19(22-2)24-13-15-8-10-23-18(12-15)27-17-6-4-16(21)5-7-17/h4-8,10,12H,3,9,11,13-14H2,1-2H3,(H2,22,24,25). The van der Waals surface area contributed by atoms with Gasteiger partial charge in [0.2, 0.25) is 5.88 Å². The molecule has 2 N–H and O–H groups in total. The second kappa shape index (κ2) is 8.81. The Bertz CT molecular complexity index is 774. The highest BCUT2D eigenvalue weighted by Gasteiger charge is 2.29. The Labute approximate surface area is 158 Å². The molecule has 0 radical (unpaired) electrons. The second-order valence-electron chi connectivity index (χ2n) is 6.74. The van der Waals surface area contributed by atoms with Gasteiger partial charge in [-0.15, -0.1) is 0 Å². The summed E-state index contributed by atoms with van der Waals surface area (Å²) in [4.78, 5) is 8.45. The third-order valence-corrected chi connectivity index (χ3v) is 4.45. The molecule has 1 aromatic carbocycles. The van der Waals surface area contributed by atoms with Crippen LogP contribution in [0.2, 0.25) is 0 Å². The van der Waals surface area contributed by atoms with E-state index in [0.717, 1.165) is 25.0 Å². The van der Waals surface area contributed by atoms with E-state index >= 15 is 0 Å². The molecular formula is C20H25FN4O2. The highest BCUT2D eigenvalue weighted by Crippen LogP contribution is 2.24. The SMILES string of the molecule is CN=C(NCc1ccnc(Oc2ccc(F)cc2)c1)NCC1(C)CCCO1. The monoisotopic (exact) mass is 372 g/mol. The van der Waals surface area contributed by atoms with Gasteiger partial charge in [-0.3, -0.25) is 4.99 Å². The van der Waals surface area contributed by atoms with Gasteiger partial charge in [-0.25, -0.2) is 9.37 Å². The molecule has 2 heterocycles. The van der Waals surface area contributed by atoms with Crippen molar-refractivity contribution in [2.24, 2.45) is 4.99 Å². The van der Waals surface area contributed by atoms with Gasteiger partial charge >= 0.3 is 0 Å². The molecule has 0 spiro atoms. The van der Waals surface area contributed by atoms with Crippen molar-refractivity contribution in [2.75, 3.05) is 20.2 Å². The van der Waals surface area contributed by atoms with Crippen LogP contribution in [0.25, 0.3) is 0 Å². The Kier molecular flexibility index (Phi) is 6.24. The maximum atomic E-state index is 13.0. The maximum absolute atomic E-state index is 13.0. The summed E-state index contributed by atoms with van der Waals surface area (Å²) in [6, 6.07) is 9.58. The Morgan fingerprint density at radius 3 is 2.81 bits per heavy atom. The minimum atomic E-state index is -0.302. The molecule has 6 nitrogen and oxygen atoms in total. The number of hydrogen-bond acceptors (Lipinski definition) is 4. The molecule has 27 heavy (non-hydrogen) atoms. The van der Waals surface area contributed by atoms with Crippen molar-refractivity contribution in [2.45, 2.75) is 31.9 Å². The van der Waals surface area contributed by atoms with E-state index in [4.69, 9.17) is 9.47 Å². The lowest BCUT2D eigenvalue weighted by molar-refractivity contribution is 0.0243. The summed E-state index contributed by atoms with van der Waals surface area (Å²) in [6.07, 6.45) is 3.82. The van der Waals surface area contributed by atoms with Crippen molar-refractivity contribution in [1.29, 1.82) is 0 Å². The van der Waals surface area contributed by atoms with Crippen molar-refractivity contribution >= 4 is 5.96 Å². The molecule has 3 rings (SSSR count). The topological polar surface area (TPSA) is 67.8 Å². The second-order valence-corrected chi connectivity index (χ2v) is 6.74. The van der Waals surface area contributed by atoms with Crippen molar-refractivity contribution in [1.82, 2.24) is 15.6 Å². The van der Waals surface area contributed by atoms with Crippen LogP contribution in [0.4, 0.5) is 4.39 Å². The van der Waals surface area contributed by atoms with Gasteiger partial charge in [-0.05, 0) is 55.7 Å². The van der Waals surface area contributed by atoms with E-state index in [1.807, 2.05) is 12.1 Å². The fraction of sp³-hybridized carbons (Fsp3) is 0.400. The first-order chi connectivity index (χ1) is 13.1. The van der Waals surface area contributed by atoms with Gasteiger partial charge in [0.25, 0.3) is 0 Å². The molecule has 1 aliphatic rings. The van der Waals surface area contributed by atoms with Gasteiger partial charge in [0.05, 0.1) is 5.60 Å². The Balaban J connectivity index is 1.53. The third kappa shape index (κ3) is 5.65. The number of halogens is 1. The fourth-order valence-corrected chi connectivity index (χ4v) is 2.89. The number of hydrogen-bond donors (Lipinski definition) is 2. The Morgan fingerprint density at radius 1 is 1.30 bits per heavy atom. The van der Waals surface area contributed by atoms with Crippen LogP contribution in [0.3, 0.4) is 0 Å². The third-order valence-electron chi connectivity index (χ3n) is 4.45. The van der Waals surface area contributed by atoms with Crippen molar-refractivity contribution < 1.29 is 13.9 Å². The van der Waals surface area contributed by atoms with Crippen molar-refractivity contribution in [3.8, 4) is 11.6 Å². The predicted octanol–water partition coefficient (Wildman–Crippen LogP) is 3.25. The Hall–Kier alpha value is -2.67. The Morgan fingerprint density at radius 2 is 2.11 bits per heavy atom. The van der Waals surface area contributed by atoms with Crippen LogP contribution >= 0.6 is 0 Å². The predicted molar refractivity (Wildman–Crippen MR) is 103 cm³/mol. The zero-order valence-corrected chi connectivity index (χ0v) is 15.7. The quantitative estimate of drug-likeness (QED) is 0.602. The molecule has 0 amide bonds. The number of nitrogens with one attached hydrogen (secondary N) is 2. The van der Waals surface area contributed by atoms with Crippen LogP contribution in [-0.2, 0) is 11.3 Å². The van der Waals surface area contributed by atoms with E-state index in [0.29, 0.717) is 30.7 Å². The number of pyridine rings is 1. The first kappa shape index (κ1) is 19.1. The summed E-state index contributed by atoms with van der Waals surface area (Å²) in [7, 11) is 1.74. The molecule has 2 aromatic rings. The molecule has 1 unspecified atom stereocenters. The van der Waals surface area contributed by atoms with Gasteiger partial charge in [0.1, 0.15) is 11.6 Å². The lowest BCUT2D eigenvalue weighted by atomic mass is 10.0. The van der Waals surface area contributed by atoms with Gasteiger partial charge < -0.3 is 20.1 Å². The number of rotatable bonds is 6. The normalized spacial score (nSPS) is 19.7. The lowest BCUT2D eigenvalue weighted by Crippen LogP contribution is -2.45. The zero-order valence-electron chi connectivity index (χ0n) is 15.7. The smallest absolute Gasteiger partial charge is 0.219 e. The van der Waals surface area contributed by atoms with Crippen molar-refractivity contribution in [3.63, 3.8) is 0 Å². The van der Waals surface area contributed by atoms with Gasteiger partial charge in [0.15, 0.2) is 5.96 Å². The number of guanidine groups is 1. The number of benzene rings is 1. The van der Waals surface area contributed by atoms with E-state index in [1.165, 1.54) is 12.1 Å². The fourth-order valence-electron chi connectivity index (χ4n) is 2.89. The van der Waals surface area contributed by atoms with Crippen LogP contribution in [0.1, 0.15) is 25.3 Å². The minimum absolute atomic E-state index is 0.134. The number of aliphatic imine (C=N–C) groups is 1. The molecule has 1 aliphatic heterocycles. The highest BCUT2D eigenvalue weighted by atomic mass is 19.1. The first-order valence-electron chi connectivity index (χ1n) is 9.03. The summed E-state index contributed by atoms with van der Waals surface area (Å²) < 4.78 is 24.4. The summed E-state index contributed by atoms with van der Waals surface area (Å²) >= 11 is 0. The lowest BCUT2D eigenvalue weighted by Gasteiger charge is -2.24. The average Bonchev–Trinajstić information content (AvgIpc) is 3.11. The largest absolute Gasteiger partial charge is 0.439 e. The first-order valence-corrected chi connectivity index (χ1v) is 9.03. The highest BCUT2D eigenvalue weighted by molar-refractivity contribution is 5.79. The molecule has 1 saturated heterocycles. The molecular weight excluding hydrogens is 347 g/mol. The summed E-state index contributed by atoms with van der Waals surface area (Å²) in [5.41, 5.74) is 0.859. The number of ether oxygens (including phenoxy) is 2. The molecule has 1 fully saturated rings. The van der Waals surface area contributed by atoms with E-state index in [-0.39, 0.29) is 11.4 Å². The van der Waals surface area contributed by atoms with Crippen LogP contribution in [-0.4, -0.2) is 36.7 Å². The average molecular weight is 372 g/mol. The maximum Gasteiger partial charge on any atom is 0.219 e. The number of nitrogens with zero attached hydrogens (tertiary/aromatic N) is 2. The molecule has 0 bridgehead atoms. The zero-order chi connectivity index (χ0) is 19.1. The van der Waals surface area contributed by atoms with E-state index in [2.05, 4.69) is 27.5 Å². The van der Waals surface area contributed by atoms with Crippen molar-refractivity contribution in [3.05, 3.63) is 54.0 Å². The van der Waals surface area contributed by atoms with Gasteiger partial charge in [0, 0.05) is 39.0 Å². The molecule has 144 valence electrons. The summed E-state index contributed by atoms with van der Waals surface area (Å²) in [6.45, 7) is 4.21. The van der Waals surface area contributed by atoms with Crippen LogP contribution in [0.15, 0.2) is 47.6 Å². The molecule has 0 aliphatic carbocycles. The van der Waals surface area contributed by atoms with Crippen LogP contribution < -0.4 is 15.4 Å². The minimum Gasteiger partial charge on any atom is -0.439 e. The van der Waals surface area contributed by atoms with Crippen LogP contribution in [0.5, 0.6) is 11.6 Å². The van der Waals surface area contributed by atoms with Gasteiger partial charge in [-0.1, -0.05) is 0 Å². The molecule has 1 aromatic heterocycles.